The highest BCUT2D eigenvalue weighted by molar-refractivity contribution is 5.92. The normalized spacial score (nSPS) is 12.1. The molecule has 0 radical (unpaired) electrons. The number of nitrogens with one attached hydrogen (secondary N) is 1. The van der Waals surface area contributed by atoms with Gasteiger partial charge in [-0.1, -0.05) is 30.3 Å². The number of carbonyl (C=O) groups is 1. The summed E-state index contributed by atoms with van der Waals surface area (Å²) < 4.78 is 5.02. The van der Waals surface area contributed by atoms with Crippen LogP contribution in [-0.4, -0.2) is 16.9 Å². The number of hydrogen-bond acceptors (Lipinski definition) is 3. The van der Waals surface area contributed by atoms with Crippen molar-refractivity contribution in [1.29, 1.82) is 0 Å². The Kier molecular flexibility index (Phi) is 4.34. The van der Waals surface area contributed by atoms with Gasteiger partial charge in [-0.15, -0.1) is 0 Å². The largest absolute Gasteiger partial charge is 0.448 e. The minimum atomic E-state index is -0.183. The molecule has 1 amide bonds. The van der Waals surface area contributed by atoms with Gasteiger partial charge in [-0.05, 0) is 25.3 Å². The molecule has 19 heavy (non-hydrogen) atoms. The van der Waals surface area contributed by atoms with Crippen molar-refractivity contribution >= 4 is 5.91 Å². The molecule has 2 aromatic rings. The Balaban J connectivity index is 1.81. The Morgan fingerprint density at radius 1 is 1.37 bits per heavy atom. The molecule has 0 aliphatic carbocycles. The van der Waals surface area contributed by atoms with Crippen molar-refractivity contribution in [3.63, 3.8) is 0 Å². The lowest BCUT2D eigenvalue weighted by Gasteiger charge is -2.12. The summed E-state index contributed by atoms with van der Waals surface area (Å²) in [4.78, 5) is 15.8. The summed E-state index contributed by atoms with van der Waals surface area (Å²) in [7, 11) is 0. The highest BCUT2D eigenvalue weighted by Gasteiger charge is 2.13. The fourth-order valence-corrected chi connectivity index (χ4v) is 1.87. The number of rotatable bonds is 5. The molecule has 1 atom stereocenters. The lowest BCUT2D eigenvalue weighted by Crippen LogP contribution is -2.33. The van der Waals surface area contributed by atoms with Crippen LogP contribution in [0.25, 0.3) is 0 Å². The maximum Gasteiger partial charge on any atom is 0.273 e. The van der Waals surface area contributed by atoms with E-state index < -0.39 is 0 Å². The van der Waals surface area contributed by atoms with Crippen LogP contribution in [0.15, 0.2) is 41.0 Å². The SMILES string of the molecule is Cc1nc(C(=O)N[C@@H](C)CCc2ccccc2)co1. The maximum atomic E-state index is 11.8. The number of amides is 1. The highest BCUT2D eigenvalue weighted by Crippen LogP contribution is 2.06. The first kappa shape index (κ1) is 13.3. The molecular formula is C15H18N2O2. The predicted octanol–water partition coefficient (Wildman–Crippen LogP) is 2.73. The van der Waals surface area contributed by atoms with Gasteiger partial charge in [0.1, 0.15) is 6.26 Å². The van der Waals surface area contributed by atoms with E-state index in [1.807, 2.05) is 25.1 Å². The van der Waals surface area contributed by atoms with E-state index in [-0.39, 0.29) is 11.9 Å². The van der Waals surface area contributed by atoms with Crippen molar-refractivity contribution in [3.05, 3.63) is 53.7 Å². The van der Waals surface area contributed by atoms with Crippen molar-refractivity contribution in [2.45, 2.75) is 32.7 Å². The first-order valence-electron chi connectivity index (χ1n) is 6.42. The number of aromatic nitrogens is 1. The summed E-state index contributed by atoms with van der Waals surface area (Å²) >= 11 is 0. The molecule has 0 fully saturated rings. The summed E-state index contributed by atoms with van der Waals surface area (Å²) in [5.41, 5.74) is 1.62. The minimum Gasteiger partial charge on any atom is -0.448 e. The van der Waals surface area contributed by atoms with E-state index >= 15 is 0 Å². The fraction of sp³-hybridized carbons (Fsp3) is 0.333. The van der Waals surface area contributed by atoms with E-state index in [0.717, 1.165) is 12.8 Å². The highest BCUT2D eigenvalue weighted by atomic mass is 16.3. The van der Waals surface area contributed by atoms with Gasteiger partial charge in [0.25, 0.3) is 5.91 Å². The molecule has 1 N–H and O–H groups in total. The molecule has 0 unspecified atom stereocenters. The van der Waals surface area contributed by atoms with E-state index in [1.54, 1.807) is 6.92 Å². The van der Waals surface area contributed by atoms with Crippen LogP contribution in [0.4, 0.5) is 0 Å². The number of nitrogens with zero attached hydrogens (tertiary/aromatic N) is 1. The second-order valence-electron chi connectivity index (χ2n) is 4.65. The number of oxazole rings is 1. The number of aryl methyl sites for hydroxylation is 2. The third-order valence-corrected chi connectivity index (χ3v) is 2.94. The average Bonchev–Trinajstić information content (AvgIpc) is 2.84. The first-order chi connectivity index (χ1) is 9.15. The lowest BCUT2D eigenvalue weighted by atomic mass is 10.1. The lowest BCUT2D eigenvalue weighted by molar-refractivity contribution is 0.0933. The molecule has 0 aliphatic heterocycles. The zero-order valence-electron chi connectivity index (χ0n) is 11.2. The van der Waals surface area contributed by atoms with Crippen molar-refractivity contribution in [3.8, 4) is 0 Å². The third kappa shape index (κ3) is 3.95. The number of carbonyl (C=O) groups excluding carboxylic acids is 1. The average molecular weight is 258 g/mol. The molecule has 0 saturated heterocycles. The monoisotopic (exact) mass is 258 g/mol. The van der Waals surface area contributed by atoms with Gasteiger partial charge in [-0.25, -0.2) is 4.98 Å². The van der Waals surface area contributed by atoms with E-state index in [2.05, 4.69) is 22.4 Å². The van der Waals surface area contributed by atoms with Crippen LogP contribution in [0.1, 0.15) is 35.3 Å². The van der Waals surface area contributed by atoms with Gasteiger partial charge >= 0.3 is 0 Å². The summed E-state index contributed by atoms with van der Waals surface area (Å²) in [6.07, 6.45) is 3.22. The van der Waals surface area contributed by atoms with Crippen LogP contribution in [0.2, 0.25) is 0 Å². The fourth-order valence-electron chi connectivity index (χ4n) is 1.87. The summed E-state index contributed by atoms with van der Waals surface area (Å²) in [6.45, 7) is 3.71. The van der Waals surface area contributed by atoms with E-state index in [0.29, 0.717) is 11.6 Å². The van der Waals surface area contributed by atoms with Gasteiger partial charge in [-0.2, -0.15) is 0 Å². The van der Waals surface area contributed by atoms with Crippen molar-refractivity contribution in [2.24, 2.45) is 0 Å². The van der Waals surface area contributed by atoms with E-state index in [4.69, 9.17) is 4.42 Å². The summed E-state index contributed by atoms with van der Waals surface area (Å²) in [5.74, 6) is 0.319. The zero-order chi connectivity index (χ0) is 13.7. The standard InChI is InChI=1S/C15H18N2O2/c1-11(8-9-13-6-4-3-5-7-13)16-15(18)14-10-19-12(2)17-14/h3-7,10-11H,8-9H2,1-2H3,(H,16,18)/t11-/m0/s1. The second kappa shape index (κ2) is 6.18. The Bertz CT molecular complexity index is 534. The van der Waals surface area contributed by atoms with Gasteiger partial charge in [0.2, 0.25) is 0 Å². The summed E-state index contributed by atoms with van der Waals surface area (Å²) in [6, 6.07) is 10.3. The molecule has 4 nitrogen and oxygen atoms in total. The van der Waals surface area contributed by atoms with Crippen LogP contribution >= 0.6 is 0 Å². The molecule has 4 heteroatoms. The Labute approximate surface area is 112 Å². The van der Waals surface area contributed by atoms with Gasteiger partial charge < -0.3 is 9.73 Å². The van der Waals surface area contributed by atoms with Gasteiger partial charge in [0.05, 0.1) is 0 Å². The van der Waals surface area contributed by atoms with Gasteiger partial charge in [-0.3, -0.25) is 4.79 Å². The van der Waals surface area contributed by atoms with E-state index in [9.17, 15) is 4.79 Å². The molecule has 1 aromatic carbocycles. The Hall–Kier alpha value is -2.10. The van der Waals surface area contributed by atoms with Crippen LogP contribution in [-0.2, 0) is 6.42 Å². The third-order valence-electron chi connectivity index (χ3n) is 2.94. The molecule has 1 heterocycles. The molecular weight excluding hydrogens is 240 g/mol. The molecule has 0 saturated carbocycles. The van der Waals surface area contributed by atoms with Crippen LogP contribution in [0.3, 0.4) is 0 Å². The van der Waals surface area contributed by atoms with Crippen molar-refractivity contribution in [1.82, 2.24) is 10.3 Å². The Morgan fingerprint density at radius 2 is 2.11 bits per heavy atom. The molecule has 0 aliphatic rings. The number of benzene rings is 1. The van der Waals surface area contributed by atoms with Crippen LogP contribution in [0, 0.1) is 6.92 Å². The van der Waals surface area contributed by atoms with Crippen LogP contribution in [0.5, 0.6) is 0 Å². The van der Waals surface area contributed by atoms with Crippen LogP contribution < -0.4 is 5.32 Å². The molecule has 0 spiro atoms. The van der Waals surface area contributed by atoms with Crippen molar-refractivity contribution < 1.29 is 9.21 Å². The molecule has 0 bridgehead atoms. The minimum absolute atomic E-state index is 0.102. The topological polar surface area (TPSA) is 55.1 Å². The quantitative estimate of drug-likeness (QED) is 0.897. The van der Waals surface area contributed by atoms with Crippen molar-refractivity contribution in [2.75, 3.05) is 0 Å². The van der Waals surface area contributed by atoms with Gasteiger partial charge in [0.15, 0.2) is 11.6 Å². The summed E-state index contributed by atoms with van der Waals surface area (Å²) in [5, 5.41) is 2.92. The van der Waals surface area contributed by atoms with Gasteiger partial charge in [0, 0.05) is 13.0 Å². The smallest absolute Gasteiger partial charge is 0.273 e. The molecule has 100 valence electrons. The number of hydrogen-bond donors (Lipinski definition) is 1. The predicted molar refractivity (Wildman–Crippen MR) is 72.9 cm³/mol. The molecule has 1 aromatic heterocycles. The maximum absolute atomic E-state index is 11.8. The zero-order valence-corrected chi connectivity index (χ0v) is 11.2. The second-order valence-corrected chi connectivity index (χ2v) is 4.65. The van der Waals surface area contributed by atoms with E-state index in [1.165, 1.54) is 11.8 Å². The molecule has 2 rings (SSSR count). The Morgan fingerprint density at radius 3 is 2.74 bits per heavy atom. The first-order valence-corrected chi connectivity index (χ1v) is 6.42.